The lowest BCUT2D eigenvalue weighted by molar-refractivity contribution is 0.0797. The lowest BCUT2D eigenvalue weighted by Gasteiger charge is -2.17. The van der Waals surface area contributed by atoms with Crippen LogP contribution in [0.15, 0.2) is 24.3 Å². The number of carbonyl (C=O) groups excluding carboxylic acids is 1. The van der Waals surface area contributed by atoms with Crippen molar-refractivity contribution < 1.29 is 22.0 Å². The zero-order valence-electron chi connectivity index (χ0n) is 12.3. The molecule has 0 radical (unpaired) electrons. The summed E-state index contributed by atoms with van der Waals surface area (Å²) >= 11 is 0. The van der Waals surface area contributed by atoms with Crippen molar-refractivity contribution in [1.29, 1.82) is 0 Å². The van der Waals surface area contributed by atoms with Crippen LogP contribution in [0.4, 0.5) is 8.78 Å². The molecule has 0 aromatic heterocycles. The highest BCUT2D eigenvalue weighted by Gasteiger charge is 2.24. The second-order valence-corrected chi connectivity index (χ2v) is 6.57. The molecule has 0 saturated heterocycles. The van der Waals surface area contributed by atoms with Gasteiger partial charge in [0.15, 0.2) is 0 Å². The molecule has 1 aromatic carbocycles. The van der Waals surface area contributed by atoms with Gasteiger partial charge in [0.25, 0.3) is 5.91 Å². The molecule has 0 aliphatic rings. The normalized spacial score (nSPS) is 11.1. The maximum atomic E-state index is 12.3. The molecule has 0 fully saturated rings. The van der Waals surface area contributed by atoms with Crippen LogP contribution >= 0.6 is 12.4 Å². The molecule has 22 heavy (non-hydrogen) atoms. The fourth-order valence-corrected chi connectivity index (χ4v) is 2.42. The first-order valence-electron chi connectivity index (χ1n) is 6.26. The number of likely N-dealkylation sites (N-methyl/N-ethyl adjacent to an activating group) is 2. The minimum atomic E-state index is -4.45. The Labute approximate surface area is 135 Å². The Morgan fingerprint density at radius 3 is 2.27 bits per heavy atom. The van der Waals surface area contributed by atoms with Gasteiger partial charge in [-0.3, -0.25) is 4.79 Å². The van der Waals surface area contributed by atoms with E-state index in [-0.39, 0.29) is 23.9 Å². The van der Waals surface area contributed by atoms with Gasteiger partial charge in [-0.2, -0.15) is 8.78 Å². The molecule has 1 amide bonds. The van der Waals surface area contributed by atoms with E-state index < -0.39 is 21.3 Å². The number of nitrogens with one attached hydrogen (secondary N) is 1. The number of alkyl halides is 2. The van der Waals surface area contributed by atoms with E-state index in [0.717, 1.165) is 0 Å². The van der Waals surface area contributed by atoms with Crippen molar-refractivity contribution in [3.8, 4) is 0 Å². The van der Waals surface area contributed by atoms with Crippen LogP contribution < -0.4 is 5.32 Å². The summed E-state index contributed by atoms with van der Waals surface area (Å²) in [5, 5.41) is 2.92. The Bertz CT molecular complexity index is 579. The van der Waals surface area contributed by atoms with E-state index in [1.165, 1.54) is 29.2 Å². The SMILES string of the molecule is CNCCN(C)C(=O)c1ccc(CS(=O)(=O)C(F)F)cc1.Cl. The van der Waals surface area contributed by atoms with Crippen LogP contribution in [0.1, 0.15) is 15.9 Å². The van der Waals surface area contributed by atoms with E-state index in [4.69, 9.17) is 0 Å². The predicted octanol–water partition coefficient (Wildman–Crippen LogP) is 1.54. The number of hydrogen-bond donors (Lipinski definition) is 1. The van der Waals surface area contributed by atoms with Gasteiger partial charge in [0.05, 0.1) is 5.75 Å². The monoisotopic (exact) mass is 356 g/mol. The third-order valence-corrected chi connectivity index (χ3v) is 4.16. The van der Waals surface area contributed by atoms with E-state index in [1.807, 2.05) is 0 Å². The number of rotatable bonds is 7. The Kier molecular flexibility index (Phi) is 8.50. The highest BCUT2D eigenvalue weighted by atomic mass is 35.5. The van der Waals surface area contributed by atoms with Crippen LogP contribution in [-0.2, 0) is 15.6 Å². The summed E-state index contributed by atoms with van der Waals surface area (Å²) in [6.45, 7) is 1.17. The number of carbonyl (C=O) groups is 1. The first kappa shape index (κ1) is 20.8. The number of amides is 1. The van der Waals surface area contributed by atoms with Gasteiger partial charge in [-0.1, -0.05) is 12.1 Å². The van der Waals surface area contributed by atoms with Crippen LogP contribution in [0.3, 0.4) is 0 Å². The van der Waals surface area contributed by atoms with Gasteiger partial charge >= 0.3 is 5.76 Å². The van der Waals surface area contributed by atoms with Gasteiger partial charge in [0.1, 0.15) is 0 Å². The summed E-state index contributed by atoms with van der Waals surface area (Å²) in [4.78, 5) is 13.5. The predicted molar refractivity (Wildman–Crippen MR) is 83.2 cm³/mol. The Morgan fingerprint density at radius 2 is 1.82 bits per heavy atom. The highest BCUT2D eigenvalue weighted by Crippen LogP contribution is 2.14. The van der Waals surface area contributed by atoms with Crippen molar-refractivity contribution in [3.63, 3.8) is 0 Å². The van der Waals surface area contributed by atoms with E-state index >= 15 is 0 Å². The topological polar surface area (TPSA) is 66.5 Å². The average Bonchev–Trinajstić information content (AvgIpc) is 2.44. The molecule has 0 spiro atoms. The van der Waals surface area contributed by atoms with Crippen molar-refractivity contribution in [2.75, 3.05) is 27.2 Å². The molecule has 9 heteroatoms. The number of sulfone groups is 1. The fraction of sp³-hybridized carbons (Fsp3) is 0.462. The van der Waals surface area contributed by atoms with E-state index in [9.17, 15) is 22.0 Å². The molecule has 0 aliphatic carbocycles. The summed E-state index contributed by atoms with van der Waals surface area (Å²) in [5.74, 6) is -4.35. The standard InChI is InChI=1S/C13H18F2N2O3S.ClH/c1-16-7-8-17(2)12(18)11-5-3-10(4-6-11)9-21(19,20)13(14)15;/h3-6,13,16H,7-9H2,1-2H3;1H. The summed E-state index contributed by atoms with van der Waals surface area (Å²) < 4.78 is 46.8. The number of benzene rings is 1. The van der Waals surface area contributed by atoms with Gasteiger partial charge in [-0.25, -0.2) is 8.42 Å². The molecule has 0 bridgehead atoms. The molecule has 5 nitrogen and oxygen atoms in total. The smallest absolute Gasteiger partial charge is 0.337 e. The second-order valence-electron chi connectivity index (χ2n) is 4.60. The van der Waals surface area contributed by atoms with Crippen molar-refractivity contribution in [2.24, 2.45) is 0 Å². The van der Waals surface area contributed by atoms with E-state index in [1.54, 1.807) is 14.1 Å². The zero-order valence-corrected chi connectivity index (χ0v) is 13.9. The van der Waals surface area contributed by atoms with Crippen LogP contribution in [0.2, 0.25) is 0 Å². The van der Waals surface area contributed by atoms with Gasteiger partial charge in [-0.05, 0) is 24.7 Å². The highest BCUT2D eigenvalue weighted by molar-refractivity contribution is 7.90. The lowest BCUT2D eigenvalue weighted by Crippen LogP contribution is -2.32. The van der Waals surface area contributed by atoms with Gasteiger partial charge in [0.2, 0.25) is 9.84 Å². The summed E-state index contributed by atoms with van der Waals surface area (Å²) in [5.41, 5.74) is 0.608. The summed E-state index contributed by atoms with van der Waals surface area (Å²) in [7, 11) is -1.03. The molecular formula is C13H19ClF2N2O3S. The third-order valence-electron chi connectivity index (χ3n) is 2.88. The Morgan fingerprint density at radius 1 is 1.27 bits per heavy atom. The van der Waals surface area contributed by atoms with Crippen LogP contribution in [0.25, 0.3) is 0 Å². The largest absolute Gasteiger partial charge is 0.340 e. The molecule has 1 rings (SSSR count). The quantitative estimate of drug-likeness (QED) is 0.804. The van der Waals surface area contributed by atoms with Gasteiger partial charge in [-0.15, -0.1) is 12.4 Å². The summed E-state index contributed by atoms with van der Waals surface area (Å²) in [6.07, 6.45) is 0. The van der Waals surface area contributed by atoms with E-state index in [0.29, 0.717) is 18.7 Å². The van der Waals surface area contributed by atoms with Crippen molar-refractivity contribution in [1.82, 2.24) is 10.2 Å². The molecule has 1 N–H and O–H groups in total. The molecule has 0 unspecified atom stereocenters. The molecule has 0 aliphatic heterocycles. The maximum Gasteiger partial charge on any atom is 0.337 e. The molecule has 0 atom stereocenters. The lowest BCUT2D eigenvalue weighted by atomic mass is 10.1. The van der Waals surface area contributed by atoms with Gasteiger partial charge in [0, 0.05) is 25.7 Å². The van der Waals surface area contributed by atoms with Crippen molar-refractivity contribution in [2.45, 2.75) is 11.5 Å². The molecular weight excluding hydrogens is 338 g/mol. The first-order valence-corrected chi connectivity index (χ1v) is 7.98. The van der Waals surface area contributed by atoms with Crippen LogP contribution in [-0.4, -0.2) is 52.2 Å². The minimum Gasteiger partial charge on any atom is -0.340 e. The van der Waals surface area contributed by atoms with E-state index in [2.05, 4.69) is 5.32 Å². The third kappa shape index (κ3) is 5.86. The number of nitrogens with zero attached hydrogens (tertiary/aromatic N) is 1. The Hall–Kier alpha value is -1.25. The second kappa shape index (κ2) is 9.02. The zero-order chi connectivity index (χ0) is 16.0. The summed E-state index contributed by atoms with van der Waals surface area (Å²) in [6, 6.07) is 5.63. The molecule has 1 aromatic rings. The fourth-order valence-electron chi connectivity index (χ4n) is 1.64. The number of halogens is 3. The molecule has 126 valence electrons. The first-order chi connectivity index (χ1) is 9.77. The van der Waals surface area contributed by atoms with Crippen molar-refractivity contribution in [3.05, 3.63) is 35.4 Å². The Balaban J connectivity index is 0.00000441. The molecule has 0 heterocycles. The van der Waals surface area contributed by atoms with Crippen LogP contribution in [0.5, 0.6) is 0 Å². The molecule has 0 saturated carbocycles. The van der Waals surface area contributed by atoms with Crippen LogP contribution in [0, 0.1) is 0 Å². The van der Waals surface area contributed by atoms with Crippen molar-refractivity contribution >= 4 is 28.2 Å². The minimum absolute atomic E-state index is 0. The average molecular weight is 357 g/mol. The maximum absolute atomic E-state index is 12.3. The van der Waals surface area contributed by atoms with Gasteiger partial charge < -0.3 is 10.2 Å². The number of hydrogen-bond acceptors (Lipinski definition) is 4.